The van der Waals surface area contributed by atoms with Crippen molar-refractivity contribution >= 4 is 70.3 Å². The lowest BCUT2D eigenvalue weighted by Gasteiger charge is -2.40. The van der Waals surface area contributed by atoms with Gasteiger partial charge in [0.1, 0.15) is 19.0 Å². The zero-order valence-corrected chi connectivity index (χ0v) is 20.8. The molecule has 0 aliphatic carbocycles. The number of hydrogen-bond acceptors (Lipinski definition) is 5. The fourth-order valence-corrected chi connectivity index (χ4v) is 5.84. The third kappa shape index (κ3) is 5.03. The maximum absolute atomic E-state index is 14.0. The van der Waals surface area contributed by atoms with Crippen LogP contribution in [0.3, 0.4) is 0 Å². The largest absolute Gasteiger partial charge is 0.344 e. The van der Waals surface area contributed by atoms with E-state index >= 15 is 0 Å². The van der Waals surface area contributed by atoms with E-state index in [2.05, 4.69) is 5.32 Å². The van der Waals surface area contributed by atoms with Crippen LogP contribution in [0.1, 0.15) is 25.7 Å². The molecule has 184 valence electrons. The van der Waals surface area contributed by atoms with Gasteiger partial charge in [0.15, 0.2) is 5.78 Å². The Morgan fingerprint density at radius 1 is 1.14 bits per heavy atom. The van der Waals surface area contributed by atoms with Crippen LogP contribution < -0.4 is 10.2 Å². The lowest BCUT2D eigenvalue weighted by atomic mass is 10.0. The van der Waals surface area contributed by atoms with Crippen LogP contribution in [0.25, 0.3) is 0 Å². The zero-order chi connectivity index (χ0) is 25.1. The summed E-state index contributed by atoms with van der Waals surface area (Å²) < 4.78 is 12.9. The molecule has 2 atom stereocenters. The summed E-state index contributed by atoms with van der Waals surface area (Å²) in [4.78, 5) is 54.3. The number of urea groups is 1. The number of nitrogens with one attached hydrogen (secondary N) is 1. The van der Waals surface area contributed by atoms with Gasteiger partial charge in [0, 0.05) is 17.9 Å². The molecular weight excluding hydrogens is 516 g/mol. The molecule has 2 aromatic carbocycles. The smallest absolute Gasteiger partial charge is 0.329 e. The number of benzene rings is 2. The van der Waals surface area contributed by atoms with Gasteiger partial charge in [0.05, 0.1) is 32.4 Å². The molecule has 0 saturated carbocycles. The van der Waals surface area contributed by atoms with Gasteiger partial charge >= 0.3 is 6.03 Å². The number of likely N-dealkylation sites (tertiary alicyclic amines) is 1. The molecule has 0 spiro atoms. The number of ketones is 1. The van der Waals surface area contributed by atoms with E-state index in [9.17, 15) is 23.6 Å². The first kappa shape index (κ1) is 25.5. The maximum atomic E-state index is 14.0. The molecule has 0 aromatic heterocycles. The molecule has 1 saturated heterocycles. The molecule has 2 aliphatic rings. The molecule has 3 amide bonds. The van der Waals surface area contributed by atoms with Gasteiger partial charge in [0.2, 0.25) is 5.91 Å². The molecule has 1 fully saturated rings. The number of fused-ring (bicyclic) bond motifs is 2. The summed E-state index contributed by atoms with van der Waals surface area (Å²) in [5.74, 6) is -1.48. The molecule has 2 aromatic rings. The third-order valence-electron chi connectivity index (χ3n) is 6.00. The Labute approximate surface area is 215 Å². The molecule has 2 aliphatic heterocycles. The minimum absolute atomic E-state index is 0.314. The van der Waals surface area contributed by atoms with Crippen molar-refractivity contribution in [2.45, 2.75) is 47.6 Å². The van der Waals surface area contributed by atoms with Crippen LogP contribution in [0.4, 0.5) is 20.6 Å². The Hall–Kier alpha value is -2.62. The number of Topliss-reactive ketones (excluding diaryl/α,β-unsaturated/α-hetero) is 1. The second-order valence-electron chi connectivity index (χ2n) is 8.17. The molecule has 2 heterocycles. The van der Waals surface area contributed by atoms with Crippen molar-refractivity contribution in [2.75, 3.05) is 18.1 Å². The van der Waals surface area contributed by atoms with E-state index < -0.39 is 36.5 Å². The van der Waals surface area contributed by atoms with Crippen LogP contribution >= 0.6 is 35.0 Å². The van der Waals surface area contributed by atoms with Gasteiger partial charge in [-0.3, -0.25) is 14.5 Å². The summed E-state index contributed by atoms with van der Waals surface area (Å²) in [5.41, 5.74) is 1.19. The van der Waals surface area contributed by atoms with E-state index in [0.29, 0.717) is 58.4 Å². The normalized spacial score (nSPS) is 17.7. The van der Waals surface area contributed by atoms with Crippen molar-refractivity contribution in [2.24, 2.45) is 0 Å². The van der Waals surface area contributed by atoms with Crippen molar-refractivity contribution < 1.29 is 23.6 Å². The van der Waals surface area contributed by atoms with Crippen molar-refractivity contribution in [3.63, 3.8) is 0 Å². The highest BCUT2D eigenvalue weighted by molar-refractivity contribution is 7.99. The average Bonchev–Trinajstić information content (AvgIpc) is 2.88. The molecule has 11 heteroatoms. The van der Waals surface area contributed by atoms with Gasteiger partial charge in [-0.25, -0.2) is 9.18 Å². The van der Waals surface area contributed by atoms with Crippen LogP contribution in [0.2, 0.25) is 10.0 Å². The van der Waals surface area contributed by atoms with Gasteiger partial charge < -0.3 is 15.0 Å². The van der Waals surface area contributed by atoms with Crippen LogP contribution in [-0.4, -0.2) is 54.2 Å². The number of amides is 3. The highest BCUT2D eigenvalue weighted by atomic mass is 35.5. The molecule has 0 radical (unpaired) electrons. The molecule has 4 rings (SSSR count). The molecule has 35 heavy (non-hydrogen) atoms. The van der Waals surface area contributed by atoms with E-state index in [4.69, 9.17) is 23.2 Å². The van der Waals surface area contributed by atoms with Gasteiger partial charge in [-0.2, -0.15) is 0 Å². The Bertz CT molecular complexity index is 1180. The number of piperidine rings is 1. The van der Waals surface area contributed by atoms with E-state index in [-0.39, 0.29) is 6.42 Å². The Kier molecular flexibility index (Phi) is 7.98. The highest BCUT2D eigenvalue weighted by Crippen LogP contribution is 2.52. The quantitative estimate of drug-likeness (QED) is 0.512. The molecule has 7 nitrogen and oxygen atoms in total. The maximum Gasteiger partial charge on any atom is 0.329 e. The van der Waals surface area contributed by atoms with E-state index in [1.54, 1.807) is 12.1 Å². The second kappa shape index (κ2) is 11.0. The third-order valence-corrected chi connectivity index (χ3v) is 8.10. The number of alkyl halides is 1. The first-order valence-electron chi connectivity index (χ1n) is 11.1. The zero-order valence-electron chi connectivity index (χ0n) is 18.5. The summed E-state index contributed by atoms with van der Waals surface area (Å²) in [6.07, 6.45) is 1.87. The first-order valence-corrected chi connectivity index (χ1v) is 12.6. The Morgan fingerprint density at radius 2 is 1.91 bits per heavy atom. The predicted octanol–water partition coefficient (Wildman–Crippen LogP) is 5.18. The fraction of sp³-hybridized carbons (Fsp3) is 0.333. The number of hydrogen-bond donors (Lipinski definition) is 1. The number of rotatable bonds is 6. The molecule has 2 unspecified atom stereocenters. The monoisotopic (exact) mass is 537 g/mol. The van der Waals surface area contributed by atoms with E-state index in [0.717, 1.165) is 4.90 Å². The fourth-order valence-electron chi connectivity index (χ4n) is 4.26. The predicted molar refractivity (Wildman–Crippen MR) is 133 cm³/mol. The lowest BCUT2D eigenvalue weighted by Crippen LogP contribution is -2.57. The van der Waals surface area contributed by atoms with Crippen LogP contribution in [0, 0.1) is 0 Å². The Morgan fingerprint density at radius 3 is 2.66 bits per heavy atom. The van der Waals surface area contributed by atoms with Gasteiger partial charge in [-0.1, -0.05) is 47.1 Å². The second-order valence-corrected chi connectivity index (χ2v) is 10.0. The SMILES string of the molecule is O=CCC(NC(=O)C1CCCCN1C(=O)N1c2ccccc2Sc2c1ccc(Cl)c2Cl)C(=O)CF. The number of carbonyl (C=O) groups is 4. The first-order chi connectivity index (χ1) is 16.9. The number of carbonyl (C=O) groups excluding carboxylic acids is 4. The minimum Gasteiger partial charge on any atom is -0.344 e. The number of aldehydes is 1. The minimum atomic E-state index is -1.30. The molecular formula is C24H22Cl2FN3O4S. The van der Waals surface area contributed by atoms with Crippen molar-refractivity contribution in [3.8, 4) is 0 Å². The van der Waals surface area contributed by atoms with Crippen LogP contribution in [-0.2, 0) is 14.4 Å². The average molecular weight is 538 g/mol. The number of nitrogens with zero attached hydrogens (tertiary/aromatic N) is 2. The van der Waals surface area contributed by atoms with Gasteiger partial charge in [-0.05, 0) is 43.5 Å². The van der Waals surface area contributed by atoms with E-state index in [1.165, 1.54) is 21.6 Å². The highest BCUT2D eigenvalue weighted by Gasteiger charge is 2.39. The van der Waals surface area contributed by atoms with Crippen molar-refractivity contribution in [1.29, 1.82) is 0 Å². The number of anilines is 2. The summed E-state index contributed by atoms with van der Waals surface area (Å²) >= 11 is 14.1. The summed E-state index contributed by atoms with van der Waals surface area (Å²) in [6, 6.07) is 8.09. The van der Waals surface area contributed by atoms with Gasteiger partial charge in [-0.15, -0.1) is 0 Å². The lowest BCUT2D eigenvalue weighted by molar-refractivity contribution is -0.132. The van der Waals surface area contributed by atoms with Crippen molar-refractivity contribution in [1.82, 2.24) is 10.2 Å². The Balaban J connectivity index is 1.68. The van der Waals surface area contributed by atoms with Crippen molar-refractivity contribution in [3.05, 3.63) is 46.4 Å². The summed E-state index contributed by atoms with van der Waals surface area (Å²) in [5, 5.41) is 3.16. The summed E-state index contributed by atoms with van der Waals surface area (Å²) in [6.45, 7) is -0.983. The standard InChI is InChI=1S/C24H22Cl2FN3O4S/c25-14-8-9-17-22(21(14)26)35-20-7-2-1-5-16(20)30(17)24(34)29-11-4-3-6-18(29)23(33)28-15(10-12-31)19(32)13-27/h1-2,5,7-9,12,15,18H,3-4,6,10-11,13H2,(H,28,33). The topological polar surface area (TPSA) is 86.8 Å². The van der Waals surface area contributed by atoms with Crippen LogP contribution in [0.5, 0.6) is 0 Å². The molecule has 1 N–H and O–H groups in total. The van der Waals surface area contributed by atoms with E-state index in [1.807, 2.05) is 24.3 Å². The van der Waals surface area contributed by atoms with Gasteiger partial charge in [0.25, 0.3) is 0 Å². The number of halogens is 3. The summed E-state index contributed by atoms with van der Waals surface area (Å²) in [7, 11) is 0. The molecule has 0 bridgehead atoms. The number of para-hydroxylation sites is 1. The van der Waals surface area contributed by atoms with Crippen LogP contribution in [0.15, 0.2) is 46.2 Å².